The van der Waals surface area contributed by atoms with Gasteiger partial charge in [-0.1, -0.05) is 0 Å². The Balaban J connectivity index is 3.28. The average molecular weight is 133 g/mol. The Bertz CT molecular complexity index is 75.6. The first-order valence-electron chi connectivity index (χ1n) is 3.16. The molecule has 0 heterocycles. The Hall–Kier alpha value is -0.120. The average Bonchev–Trinajstić information content (AvgIpc) is 1.59. The van der Waals surface area contributed by atoms with Crippen LogP contribution in [0.1, 0.15) is 6.92 Å². The molecule has 0 aromatic rings. The van der Waals surface area contributed by atoms with E-state index in [4.69, 9.17) is 5.11 Å². The lowest BCUT2D eigenvalue weighted by Gasteiger charge is -2.24. The summed E-state index contributed by atoms with van der Waals surface area (Å²) in [4.78, 5) is 0. The summed E-state index contributed by atoms with van der Waals surface area (Å²) in [5.41, 5.74) is 3.11. The van der Waals surface area contributed by atoms with Gasteiger partial charge in [-0.2, -0.15) is 5.43 Å². The zero-order valence-electron chi connectivity index (χ0n) is 6.68. The molecule has 1 unspecified atom stereocenters. The van der Waals surface area contributed by atoms with Crippen LogP contribution in [0.4, 0.5) is 0 Å². The quantitative estimate of drug-likeness (QED) is 0.405. The maximum Gasteiger partial charge on any atom is 0.0853 e. The fourth-order valence-electron chi connectivity index (χ4n) is 0.406. The maximum absolute atomic E-state index is 8.84. The van der Waals surface area contributed by atoms with E-state index >= 15 is 0 Å². The standard InChI is InChI=1S/C6H17N2O/c1-6(9)5-7-8(2,3)4/h6-7,9H,5H2,1-4H3/q+1. The van der Waals surface area contributed by atoms with Gasteiger partial charge in [-0.05, 0) is 6.92 Å². The molecule has 0 rings (SSSR count). The van der Waals surface area contributed by atoms with Gasteiger partial charge in [0.2, 0.25) is 0 Å². The van der Waals surface area contributed by atoms with E-state index < -0.39 is 0 Å². The van der Waals surface area contributed by atoms with Gasteiger partial charge in [-0.15, -0.1) is 0 Å². The van der Waals surface area contributed by atoms with Gasteiger partial charge in [0.25, 0.3) is 0 Å². The Morgan fingerprint density at radius 2 is 1.89 bits per heavy atom. The molecule has 0 radical (unpaired) electrons. The lowest BCUT2D eigenvalue weighted by molar-refractivity contribution is -0.915. The summed E-state index contributed by atoms with van der Waals surface area (Å²) in [5, 5.41) is 8.84. The van der Waals surface area contributed by atoms with Gasteiger partial charge in [-0.25, -0.2) is 0 Å². The molecule has 1 atom stereocenters. The van der Waals surface area contributed by atoms with Crippen molar-refractivity contribution in [2.24, 2.45) is 0 Å². The predicted octanol–water partition coefficient (Wildman–Crippen LogP) is -0.422. The molecule has 0 bridgehead atoms. The van der Waals surface area contributed by atoms with Crippen molar-refractivity contribution >= 4 is 0 Å². The van der Waals surface area contributed by atoms with Crippen molar-refractivity contribution in [3.05, 3.63) is 0 Å². The van der Waals surface area contributed by atoms with Crippen LogP contribution < -0.4 is 5.43 Å². The van der Waals surface area contributed by atoms with E-state index in [1.54, 1.807) is 6.92 Å². The molecule has 2 N–H and O–H groups in total. The molecule has 0 aromatic heterocycles. The van der Waals surface area contributed by atoms with Crippen LogP contribution in [0.25, 0.3) is 0 Å². The molecule has 0 aliphatic heterocycles. The van der Waals surface area contributed by atoms with E-state index in [0.717, 1.165) is 0 Å². The molecular weight excluding hydrogens is 116 g/mol. The van der Waals surface area contributed by atoms with Crippen molar-refractivity contribution in [3.63, 3.8) is 0 Å². The molecule has 0 saturated heterocycles. The smallest absolute Gasteiger partial charge is 0.0853 e. The SMILES string of the molecule is CC(O)CN[N+](C)(C)C. The number of nitrogens with zero attached hydrogens (tertiary/aromatic N) is 1. The highest BCUT2D eigenvalue weighted by atomic mass is 16.3. The van der Waals surface area contributed by atoms with Crippen LogP contribution in [0.2, 0.25) is 0 Å². The Kier molecular flexibility index (Phi) is 3.11. The van der Waals surface area contributed by atoms with E-state index in [2.05, 4.69) is 5.43 Å². The second kappa shape index (κ2) is 3.15. The highest BCUT2D eigenvalue weighted by Gasteiger charge is 2.06. The zero-order chi connectivity index (χ0) is 7.49. The summed E-state index contributed by atoms with van der Waals surface area (Å²) in [6.07, 6.45) is -0.262. The molecule has 0 aromatic carbocycles. The molecule has 3 nitrogen and oxygen atoms in total. The Labute approximate surface area is 56.8 Å². The van der Waals surface area contributed by atoms with Crippen LogP contribution in [-0.4, -0.2) is 43.5 Å². The third-order valence-corrected chi connectivity index (χ3v) is 0.861. The van der Waals surface area contributed by atoms with Crippen LogP contribution in [0, 0.1) is 0 Å². The summed E-state index contributed by atoms with van der Waals surface area (Å²) in [7, 11) is 6.05. The number of rotatable bonds is 3. The van der Waals surface area contributed by atoms with Crippen molar-refractivity contribution in [1.29, 1.82) is 0 Å². The lowest BCUT2D eigenvalue weighted by atomic mass is 10.4. The molecule has 3 heteroatoms. The first kappa shape index (κ1) is 8.88. The predicted molar refractivity (Wildman–Crippen MR) is 37.7 cm³/mol. The molecule has 0 spiro atoms. The second-order valence-corrected chi connectivity index (χ2v) is 3.22. The highest BCUT2D eigenvalue weighted by molar-refractivity contribution is 4.42. The number of hydrogen-bond donors (Lipinski definition) is 2. The molecule has 0 saturated carbocycles. The largest absolute Gasteiger partial charge is 0.392 e. The summed E-state index contributed by atoms with van der Waals surface area (Å²) < 4.78 is 0.685. The van der Waals surface area contributed by atoms with E-state index in [1.807, 2.05) is 21.1 Å². The van der Waals surface area contributed by atoms with Crippen molar-refractivity contribution in [2.75, 3.05) is 27.7 Å². The second-order valence-electron chi connectivity index (χ2n) is 3.22. The monoisotopic (exact) mass is 133 g/mol. The van der Waals surface area contributed by atoms with Gasteiger partial charge in [0.05, 0.1) is 33.8 Å². The minimum absolute atomic E-state index is 0.262. The first-order chi connectivity index (χ1) is 3.92. The first-order valence-corrected chi connectivity index (χ1v) is 3.16. The number of quaternary nitrogens is 1. The van der Waals surface area contributed by atoms with Crippen molar-refractivity contribution < 1.29 is 9.70 Å². The van der Waals surface area contributed by atoms with Crippen LogP contribution in [0.5, 0.6) is 0 Å². The van der Waals surface area contributed by atoms with E-state index in [-0.39, 0.29) is 6.10 Å². The summed E-state index contributed by atoms with van der Waals surface area (Å²) in [5.74, 6) is 0. The van der Waals surface area contributed by atoms with Gasteiger partial charge in [0.15, 0.2) is 0 Å². The van der Waals surface area contributed by atoms with Crippen LogP contribution >= 0.6 is 0 Å². The number of aliphatic hydroxyl groups is 1. The van der Waals surface area contributed by atoms with Gasteiger partial charge >= 0.3 is 0 Å². The minimum atomic E-state index is -0.262. The van der Waals surface area contributed by atoms with Crippen molar-refractivity contribution in [2.45, 2.75) is 13.0 Å². The third kappa shape index (κ3) is 7.88. The zero-order valence-corrected chi connectivity index (χ0v) is 6.68. The van der Waals surface area contributed by atoms with Crippen LogP contribution in [-0.2, 0) is 0 Å². The number of aliphatic hydroxyl groups excluding tert-OH is 1. The summed E-state index contributed by atoms with van der Waals surface area (Å²) >= 11 is 0. The maximum atomic E-state index is 8.84. The summed E-state index contributed by atoms with van der Waals surface area (Å²) in [6, 6.07) is 0. The Morgan fingerprint density at radius 3 is 2.00 bits per heavy atom. The van der Waals surface area contributed by atoms with E-state index in [0.29, 0.717) is 11.1 Å². The fourth-order valence-corrected chi connectivity index (χ4v) is 0.406. The number of hydrogen-bond acceptors (Lipinski definition) is 2. The lowest BCUT2D eigenvalue weighted by Crippen LogP contribution is -2.50. The Morgan fingerprint density at radius 1 is 1.44 bits per heavy atom. The van der Waals surface area contributed by atoms with Crippen LogP contribution in [0.3, 0.4) is 0 Å². The molecular formula is C6H17N2O+. The summed E-state index contributed by atoms with van der Waals surface area (Å²) in [6.45, 7) is 2.41. The topological polar surface area (TPSA) is 32.3 Å². The molecule has 0 aliphatic rings. The van der Waals surface area contributed by atoms with E-state index in [9.17, 15) is 0 Å². The van der Waals surface area contributed by atoms with Gasteiger partial charge < -0.3 is 5.11 Å². The molecule has 9 heavy (non-hydrogen) atoms. The minimum Gasteiger partial charge on any atom is -0.392 e. The molecule has 0 amide bonds. The molecule has 0 aliphatic carbocycles. The fraction of sp³-hybridized carbons (Fsp3) is 1.00. The molecule has 56 valence electrons. The van der Waals surface area contributed by atoms with E-state index in [1.165, 1.54) is 0 Å². The number of nitrogens with one attached hydrogen (secondary N) is 1. The highest BCUT2D eigenvalue weighted by Crippen LogP contribution is 1.82. The molecule has 0 fully saturated rings. The van der Waals surface area contributed by atoms with Crippen molar-refractivity contribution in [3.8, 4) is 0 Å². The van der Waals surface area contributed by atoms with Gasteiger partial charge in [0.1, 0.15) is 0 Å². The third-order valence-electron chi connectivity index (χ3n) is 0.861. The van der Waals surface area contributed by atoms with Crippen molar-refractivity contribution in [1.82, 2.24) is 5.43 Å². The normalized spacial score (nSPS) is 15.7. The van der Waals surface area contributed by atoms with Gasteiger partial charge in [-0.3, -0.25) is 4.59 Å². The van der Waals surface area contributed by atoms with Crippen LogP contribution in [0.15, 0.2) is 0 Å². The van der Waals surface area contributed by atoms with Gasteiger partial charge in [0, 0.05) is 0 Å².